The van der Waals surface area contributed by atoms with Crippen LogP contribution in [-0.2, 0) is 4.79 Å². The topological polar surface area (TPSA) is 20.3 Å². The van der Waals surface area contributed by atoms with E-state index >= 15 is 0 Å². The van der Waals surface area contributed by atoms with Crippen molar-refractivity contribution in [1.29, 1.82) is 0 Å². The summed E-state index contributed by atoms with van der Waals surface area (Å²) < 4.78 is 0. The number of hydrogen-bond donors (Lipinski definition) is 0. The Labute approximate surface area is 80.3 Å². The van der Waals surface area contributed by atoms with Crippen LogP contribution in [-0.4, -0.2) is 29.8 Å². The standard InChI is InChI=1S/C11H19NO/c1-11(2)6-3-10(11)12-7-4-9(13)5-8-12/h10H,3-8H2,1-2H3. The minimum atomic E-state index is 0.452. The first-order chi connectivity index (χ1) is 6.09. The first-order valence-electron chi connectivity index (χ1n) is 5.35. The molecule has 74 valence electrons. The van der Waals surface area contributed by atoms with Crippen LogP contribution in [0.2, 0.25) is 0 Å². The molecule has 13 heavy (non-hydrogen) atoms. The summed E-state index contributed by atoms with van der Waals surface area (Å²) in [5, 5.41) is 0. The van der Waals surface area contributed by atoms with Gasteiger partial charge in [0.2, 0.25) is 0 Å². The molecule has 0 bridgehead atoms. The maximum atomic E-state index is 11.1. The van der Waals surface area contributed by atoms with Crippen molar-refractivity contribution in [2.24, 2.45) is 5.41 Å². The van der Waals surface area contributed by atoms with Gasteiger partial charge in [-0.15, -0.1) is 0 Å². The maximum Gasteiger partial charge on any atom is 0.135 e. The predicted octanol–water partition coefficient (Wildman–Crippen LogP) is 1.84. The minimum Gasteiger partial charge on any atom is -0.300 e. The first kappa shape index (κ1) is 9.20. The van der Waals surface area contributed by atoms with Gasteiger partial charge in [-0.25, -0.2) is 0 Å². The molecular formula is C11H19NO. The van der Waals surface area contributed by atoms with Gasteiger partial charge in [-0.1, -0.05) is 13.8 Å². The van der Waals surface area contributed by atoms with E-state index in [-0.39, 0.29) is 0 Å². The molecule has 0 aromatic rings. The molecule has 1 aliphatic carbocycles. The second-order valence-electron chi connectivity index (χ2n) is 5.12. The van der Waals surface area contributed by atoms with Crippen LogP contribution in [0.5, 0.6) is 0 Å². The lowest BCUT2D eigenvalue weighted by Crippen LogP contribution is -2.54. The number of rotatable bonds is 1. The van der Waals surface area contributed by atoms with Crippen molar-refractivity contribution in [1.82, 2.24) is 4.90 Å². The largest absolute Gasteiger partial charge is 0.300 e. The monoisotopic (exact) mass is 181 g/mol. The molecule has 0 amide bonds. The smallest absolute Gasteiger partial charge is 0.135 e. The summed E-state index contributed by atoms with van der Waals surface area (Å²) in [5.74, 6) is 0.452. The van der Waals surface area contributed by atoms with Crippen molar-refractivity contribution in [3.05, 3.63) is 0 Å². The highest BCUT2D eigenvalue weighted by Gasteiger charge is 2.42. The van der Waals surface area contributed by atoms with Gasteiger partial charge in [-0.2, -0.15) is 0 Å². The van der Waals surface area contributed by atoms with E-state index in [9.17, 15) is 4.79 Å². The third kappa shape index (κ3) is 1.64. The van der Waals surface area contributed by atoms with Crippen molar-refractivity contribution in [3.63, 3.8) is 0 Å². The number of piperidine rings is 1. The zero-order valence-electron chi connectivity index (χ0n) is 8.68. The lowest BCUT2D eigenvalue weighted by molar-refractivity contribution is -0.123. The molecule has 2 rings (SSSR count). The third-order valence-electron chi connectivity index (χ3n) is 3.76. The molecular weight excluding hydrogens is 162 g/mol. The second kappa shape index (κ2) is 3.09. The Kier molecular flexibility index (Phi) is 2.18. The summed E-state index contributed by atoms with van der Waals surface area (Å²) in [5.41, 5.74) is 0.500. The normalized spacial score (nSPS) is 34.3. The molecule has 2 nitrogen and oxygen atoms in total. The van der Waals surface area contributed by atoms with Crippen LogP contribution < -0.4 is 0 Å². The van der Waals surface area contributed by atoms with Gasteiger partial charge in [-0.05, 0) is 18.3 Å². The zero-order valence-corrected chi connectivity index (χ0v) is 8.68. The summed E-state index contributed by atoms with van der Waals surface area (Å²) >= 11 is 0. The van der Waals surface area contributed by atoms with Crippen LogP contribution in [0.25, 0.3) is 0 Å². The van der Waals surface area contributed by atoms with E-state index in [1.165, 1.54) is 12.8 Å². The average molecular weight is 181 g/mol. The van der Waals surface area contributed by atoms with Gasteiger partial charge < -0.3 is 0 Å². The molecule has 2 aliphatic rings. The Hall–Kier alpha value is -0.370. The Balaban J connectivity index is 1.92. The fourth-order valence-corrected chi connectivity index (χ4v) is 2.61. The lowest BCUT2D eigenvalue weighted by Gasteiger charge is -2.51. The summed E-state index contributed by atoms with van der Waals surface area (Å²) in [6.45, 7) is 6.70. The number of carbonyl (C=O) groups excluding carboxylic acids is 1. The Morgan fingerprint density at radius 1 is 1.31 bits per heavy atom. The number of carbonyl (C=O) groups is 1. The highest BCUT2D eigenvalue weighted by molar-refractivity contribution is 5.79. The quantitative estimate of drug-likeness (QED) is 0.615. The van der Waals surface area contributed by atoms with Crippen molar-refractivity contribution in [3.8, 4) is 0 Å². The van der Waals surface area contributed by atoms with Crippen LogP contribution in [0.15, 0.2) is 0 Å². The SMILES string of the molecule is CC1(C)CCC1N1CCC(=O)CC1. The van der Waals surface area contributed by atoms with E-state index in [1.807, 2.05) is 0 Å². The molecule has 1 unspecified atom stereocenters. The van der Waals surface area contributed by atoms with Crippen molar-refractivity contribution in [2.75, 3.05) is 13.1 Å². The molecule has 2 heteroatoms. The zero-order chi connectivity index (χ0) is 9.47. The molecule has 0 spiro atoms. The molecule has 2 fully saturated rings. The van der Waals surface area contributed by atoms with E-state index in [1.54, 1.807) is 0 Å². The van der Waals surface area contributed by atoms with E-state index in [0.717, 1.165) is 32.0 Å². The third-order valence-corrected chi connectivity index (χ3v) is 3.76. The molecule has 0 aromatic heterocycles. The summed E-state index contributed by atoms with van der Waals surface area (Å²) in [7, 11) is 0. The van der Waals surface area contributed by atoms with Gasteiger partial charge in [-0.3, -0.25) is 9.69 Å². The van der Waals surface area contributed by atoms with Gasteiger partial charge in [0.15, 0.2) is 0 Å². The van der Waals surface area contributed by atoms with Crippen molar-refractivity contribution < 1.29 is 4.79 Å². The molecule has 1 heterocycles. The molecule has 1 aliphatic heterocycles. The second-order valence-corrected chi connectivity index (χ2v) is 5.12. The van der Waals surface area contributed by atoms with Crippen molar-refractivity contribution in [2.45, 2.75) is 45.6 Å². The van der Waals surface area contributed by atoms with Gasteiger partial charge in [0.05, 0.1) is 0 Å². The van der Waals surface area contributed by atoms with E-state index in [4.69, 9.17) is 0 Å². The van der Waals surface area contributed by atoms with Crippen LogP contribution in [0.3, 0.4) is 0 Å². The first-order valence-corrected chi connectivity index (χ1v) is 5.35. The van der Waals surface area contributed by atoms with Crippen LogP contribution >= 0.6 is 0 Å². The number of likely N-dealkylation sites (tertiary alicyclic amines) is 1. The predicted molar refractivity (Wildman–Crippen MR) is 52.6 cm³/mol. The Bertz CT molecular complexity index is 212. The maximum absolute atomic E-state index is 11.1. The lowest BCUT2D eigenvalue weighted by atomic mass is 9.66. The fourth-order valence-electron chi connectivity index (χ4n) is 2.61. The number of Topliss-reactive ketones (excluding diaryl/α,β-unsaturated/α-hetero) is 1. The van der Waals surface area contributed by atoms with Crippen LogP contribution in [0, 0.1) is 5.41 Å². The highest BCUT2D eigenvalue weighted by atomic mass is 16.1. The number of hydrogen-bond acceptors (Lipinski definition) is 2. The fraction of sp³-hybridized carbons (Fsp3) is 0.909. The highest BCUT2D eigenvalue weighted by Crippen LogP contribution is 2.43. The van der Waals surface area contributed by atoms with Gasteiger partial charge in [0.1, 0.15) is 5.78 Å². The van der Waals surface area contributed by atoms with E-state index in [2.05, 4.69) is 18.7 Å². The molecule has 0 aromatic carbocycles. The summed E-state index contributed by atoms with van der Waals surface area (Å²) in [4.78, 5) is 13.6. The van der Waals surface area contributed by atoms with Crippen LogP contribution in [0.4, 0.5) is 0 Å². The van der Waals surface area contributed by atoms with Crippen molar-refractivity contribution >= 4 is 5.78 Å². The molecule has 1 saturated heterocycles. The van der Waals surface area contributed by atoms with Gasteiger partial charge in [0, 0.05) is 32.0 Å². The summed E-state index contributed by atoms with van der Waals surface area (Å²) in [6.07, 6.45) is 4.25. The van der Waals surface area contributed by atoms with E-state index in [0.29, 0.717) is 11.2 Å². The molecule has 0 radical (unpaired) electrons. The Morgan fingerprint density at radius 3 is 2.31 bits per heavy atom. The number of nitrogens with zero attached hydrogens (tertiary/aromatic N) is 1. The molecule has 1 saturated carbocycles. The minimum absolute atomic E-state index is 0.452. The van der Waals surface area contributed by atoms with Crippen LogP contribution in [0.1, 0.15) is 39.5 Å². The van der Waals surface area contributed by atoms with Gasteiger partial charge >= 0.3 is 0 Å². The molecule has 0 N–H and O–H groups in total. The molecule has 1 atom stereocenters. The van der Waals surface area contributed by atoms with E-state index < -0.39 is 0 Å². The Morgan fingerprint density at radius 2 is 1.92 bits per heavy atom. The number of ketones is 1. The summed E-state index contributed by atoms with van der Waals surface area (Å²) in [6, 6.07) is 0.751. The average Bonchev–Trinajstić information content (AvgIpc) is 2.07. The van der Waals surface area contributed by atoms with Gasteiger partial charge in [0.25, 0.3) is 0 Å².